The number of hydrogen-bond acceptors (Lipinski definition) is 3. The van der Waals surface area contributed by atoms with Crippen molar-refractivity contribution >= 4 is 0 Å². The molecule has 0 aromatic heterocycles. The maximum Gasteiger partial charge on any atom is 0.124 e. The van der Waals surface area contributed by atoms with Gasteiger partial charge < -0.3 is 10.4 Å². The second kappa shape index (κ2) is 7.22. The molecule has 0 fully saturated rings. The molecule has 104 valence electrons. The Hall–Kier alpha value is -1.44. The van der Waals surface area contributed by atoms with Gasteiger partial charge in [0, 0.05) is 25.1 Å². The van der Waals surface area contributed by atoms with E-state index in [1.165, 1.54) is 12.1 Å². The third-order valence-electron chi connectivity index (χ3n) is 3.75. The van der Waals surface area contributed by atoms with E-state index in [1.807, 2.05) is 6.07 Å². The zero-order valence-electron chi connectivity index (χ0n) is 11.5. The summed E-state index contributed by atoms with van der Waals surface area (Å²) in [5.74, 6) is -0.393. The second-order valence-electron chi connectivity index (χ2n) is 4.93. The number of hydrogen-bond donors (Lipinski definition) is 2. The molecule has 19 heavy (non-hydrogen) atoms. The van der Waals surface area contributed by atoms with E-state index in [0.717, 1.165) is 18.4 Å². The van der Waals surface area contributed by atoms with Gasteiger partial charge in [-0.1, -0.05) is 13.8 Å². The first-order valence-electron chi connectivity index (χ1n) is 6.60. The first kappa shape index (κ1) is 15.6. The van der Waals surface area contributed by atoms with E-state index in [-0.39, 0.29) is 12.0 Å². The number of nitriles is 1. The van der Waals surface area contributed by atoms with Crippen LogP contribution in [0.4, 0.5) is 4.39 Å². The molecule has 0 radical (unpaired) electrons. The van der Waals surface area contributed by atoms with Crippen LogP contribution in [-0.2, 0) is 6.54 Å². The van der Waals surface area contributed by atoms with Crippen LogP contribution in [0.25, 0.3) is 0 Å². The Morgan fingerprint density at radius 2 is 2.00 bits per heavy atom. The number of rotatable bonds is 7. The topological polar surface area (TPSA) is 56.0 Å². The molecule has 1 aromatic rings. The first-order valence-corrected chi connectivity index (χ1v) is 6.60. The van der Waals surface area contributed by atoms with Gasteiger partial charge in [0.15, 0.2) is 0 Å². The lowest BCUT2D eigenvalue weighted by Gasteiger charge is -2.29. The molecule has 0 saturated carbocycles. The minimum absolute atomic E-state index is 0.120. The summed E-state index contributed by atoms with van der Waals surface area (Å²) in [5.41, 5.74) is 0.956. The van der Waals surface area contributed by atoms with Gasteiger partial charge in [-0.15, -0.1) is 0 Å². The number of aliphatic hydroxyl groups is 1. The van der Waals surface area contributed by atoms with Crippen molar-refractivity contribution < 1.29 is 9.50 Å². The maximum absolute atomic E-state index is 13.3. The van der Waals surface area contributed by atoms with Crippen molar-refractivity contribution in [2.45, 2.75) is 33.2 Å². The van der Waals surface area contributed by atoms with Crippen molar-refractivity contribution in [1.82, 2.24) is 5.32 Å². The first-order chi connectivity index (χ1) is 9.09. The van der Waals surface area contributed by atoms with E-state index in [2.05, 4.69) is 19.2 Å². The van der Waals surface area contributed by atoms with Gasteiger partial charge in [0.1, 0.15) is 5.82 Å². The maximum atomic E-state index is 13.3. The molecule has 2 N–H and O–H groups in total. The van der Waals surface area contributed by atoms with E-state index in [1.54, 1.807) is 6.07 Å². The van der Waals surface area contributed by atoms with Crippen molar-refractivity contribution in [1.29, 1.82) is 5.26 Å². The van der Waals surface area contributed by atoms with E-state index in [4.69, 9.17) is 5.26 Å². The fraction of sp³-hybridized carbons (Fsp3) is 0.533. The van der Waals surface area contributed by atoms with Crippen molar-refractivity contribution in [3.8, 4) is 6.07 Å². The van der Waals surface area contributed by atoms with Crippen LogP contribution in [-0.4, -0.2) is 18.3 Å². The van der Waals surface area contributed by atoms with Gasteiger partial charge in [-0.2, -0.15) is 5.26 Å². The number of nitrogens with zero attached hydrogens (tertiary/aromatic N) is 1. The highest BCUT2D eigenvalue weighted by molar-refractivity contribution is 5.33. The smallest absolute Gasteiger partial charge is 0.124 e. The van der Waals surface area contributed by atoms with Gasteiger partial charge in [-0.05, 0) is 36.6 Å². The molecular weight excluding hydrogens is 243 g/mol. The average molecular weight is 264 g/mol. The van der Waals surface area contributed by atoms with E-state index >= 15 is 0 Å². The normalized spacial score (nSPS) is 11.3. The number of halogens is 1. The Labute approximate surface area is 114 Å². The van der Waals surface area contributed by atoms with Crippen LogP contribution in [0, 0.1) is 22.6 Å². The minimum Gasteiger partial charge on any atom is -0.396 e. The molecule has 0 aliphatic heterocycles. The molecule has 1 aromatic carbocycles. The van der Waals surface area contributed by atoms with Crippen LogP contribution in [0.3, 0.4) is 0 Å². The lowest BCUT2D eigenvalue weighted by atomic mass is 9.83. The highest BCUT2D eigenvalue weighted by atomic mass is 19.1. The Bertz CT molecular complexity index is 442. The third kappa shape index (κ3) is 4.30. The van der Waals surface area contributed by atoms with Crippen molar-refractivity contribution in [2.75, 3.05) is 13.2 Å². The molecule has 4 heteroatoms. The molecule has 0 amide bonds. The summed E-state index contributed by atoms with van der Waals surface area (Å²) < 4.78 is 13.3. The Kier molecular flexibility index (Phi) is 5.94. The summed E-state index contributed by atoms with van der Waals surface area (Å²) in [6.07, 6.45) is 1.78. The largest absolute Gasteiger partial charge is 0.396 e. The predicted molar refractivity (Wildman–Crippen MR) is 72.9 cm³/mol. The van der Waals surface area contributed by atoms with E-state index < -0.39 is 5.82 Å². The lowest BCUT2D eigenvalue weighted by Crippen LogP contribution is -2.36. The van der Waals surface area contributed by atoms with Crippen molar-refractivity contribution in [3.05, 3.63) is 35.1 Å². The fourth-order valence-corrected chi connectivity index (χ4v) is 2.07. The molecule has 0 heterocycles. The lowest BCUT2D eigenvalue weighted by molar-refractivity contribution is 0.113. The zero-order chi connectivity index (χ0) is 14.3. The van der Waals surface area contributed by atoms with Gasteiger partial charge in [0.05, 0.1) is 11.6 Å². The molecule has 1 rings (SSSR count). The molecule has 0 atom stereocenters. The molecule has 0 spiro atoms. The summed E-state index contributed by atoms with van der Waals surface area (Å²) >= 11 is 0. The van der Waals surface area contributed by atoms with Crippen molar-refractivity contribution in [2.24, 2.45) is 5.41 Å². The fourth-order valence-electron chi connectivity index (χ4n) is 2.07. The van der Waals surface area contributed by atoms with Gasteiger partial charge in [-0.25, -0.2) is 4.39 Å². The Morgan fingerprint density at radius 3 is 2.53 bits per heavy atom. The summed E-state index contributed by atoms with van der Waals surface area (Å²) in [6.45, 7) is 5.41. The quantitative estimate of drug-likeness (QED) is 0.796. The molecule has 0 unspecified atom stereocenters. The molecule has 0 bridgehead atoms. The SMILES string of the molecule is CCC(CC)(CO)CNCc1cc(F)cc(C#N)c1. The zero-order valence-corrected chi connectivity index (χ0v) is 11.5. The molecule has 0 aliphatic carbocycles. The van der Waals surface area contributed by atoms with Crippen molar-refractivity contribution in [3.63, 3.8) is 0 Å². The van der Waals surface area contributed by atoms with Crippen LogP contribution in [0.1, 0.15) is 37.8 Å². The number of aliphatic hydroxyl groups excluding tert-OH is 1. The van der Waals surface area contributed by atoms with Crippen LogP contribution in [0.15, 0.2) is 18.2 Å². The molecule has 3 nitrogen and oxygen atoms in total. The highest BCUT2D eigenvalue weighted by Crippen LogP contribution is 2.24. The van der Waals surface area contributed by atoms with E-state index in [0.29, 0.717) is 18.7 Å². The second-order valence-corrected chi connectivity index (χ2v) is 4.93. The highest BCUT2D eigenvalue weighted by Gasteiger charge is 2.24. The summed E-state index contributed by atoms with van der Waals surface area (Å²) in [7, 11) is 0. The summed E-state index contributed by atoms with van der Waals surface area (Å²) in [6, 6.07) is 6.26. The monoisotopic (exact) mass is 264 g/mol. The predicted octanol–water partition coefficient (Wildman–Crippen LogP) is 2.59. The summed E-state index contributed by atoms with van der Waals surface area (Å²) in [4.78, 5) is 0. The summed E-state index contributed by atoms with van der Waals surface area (Å²) in [5, 5.41) is 21.5. The van der Waals surface area contributed by atoms with Gasteiger partial charge >= 0.3 is 0 Å². The molecule has 0 saturated heterocycles. The van der Waals surface area contributed by atoms with E-state index in [9.17, 15) is 9.50 Å². The number of benzene rings is 1. The standard InChI is InChI=1S/C15H21FN2O/c1-3-15(4-2,11-19)10-18-9-13-5-12(8-17)6-14(16)7-13/h5-7,18-19H,3-4,9-11H2,1-2H3. The van der Waals surface area contributed by atoms with Crippen LogP contribution in [0.5, 0.6) is 0 Å². The third-order valence-corrected chi connectivity index (χ3v) is 3.75. The van der Waals surface area contributed by atoms with Gasteiger partial charge in [-0.3, -0.25) is 0 Å². The Balaban J connectivity index is 2.63. The van der Waals surface area contributed by atoms with Crippen LogP contribution < -0.4 is 5.32 Å². The number of nitrogens with one attached hydrogen (secondary N) is 1. The average Bonchev–Trinajstić information content (AvgIpc) is 2.43. The van der Waals surface area contributed by atoms with Gasteiger partial charge in [0.25, 0.3) is 0 Å². The molecular formula is C15H21FN2O. The molecule has 0 aliphatic rings. The van der Waals surface area contributed by atoms with Crippen LogP contribution >= 0.6 is 0 Å². The minimum atomic E-state index is -0.393. The van der Waals surface area contributed by atoms with Gasteiger partial charge in [0.2, 0.25) is 0 Å². The Morgan fingerprint density at radius 1 is 1.32 bits per heavy atom. The van der Waals surface area contributed by atoms with Crippen LogP contribution in [0.2, 0.25) is 0 Å².